The van der Waals surface area contributed by atoms with Crippen LogP contribution in [0, 0.1) is 0 Å². The van der Waals surface area contributed by atoms with Gasteiger partial charge in [-0.15, -0.1) is 11.8 Å². The van der Waals surface area contributed by atoms with Crippen molar-refractivity contribution in [2.75, 3.05) is 25.3 Å². The zero-order valence-electron chi connectivity index (χ0n) is 16.6. The van der Waals surface area contributed by atoms with Crippen LogP contribution >= 0.6 is 11.8 Å². The summed E-state index contributed by atoms with van der Waals surface area (Å²) in [6.45, 7) is 3.98. The summed E-state index contributed by atoms with van der Waals surface area (Å²) in [6, 6.07) is 12.6. The molecule has 0 saturated carbocycles. The van der Waals surface area contributed by atoms with Gasteiger partial charge in [-0.3, -0.25) is 9.59 Å². The summed E-state index contributed by atoms with van der Waals surface area (Å²) in [5.74, 6) is 1.02. The van der Waals surface area contributed by atoms with Gasteiger partial charge in [0.1, 0.15) is 0 Å². The van der Waals surface area contributed by atoms with E-state index in [0.717, 1.165) is 11.3 Å². The third kappa shape index (κ3) is 5.92. The number of rotatable bonds is 9. The largest absolute Gasteiger partial charge is 0.493 e. The van der Waals surface area contributed by atoms with Crippen molar-refractivity contribution in [1.29, 1.82) is 0 Å². The van der Waals surface area contributed by atoms with E-state index in [1.165, 1.54) is 11.8 Å². The van der Waals surface area contributed by atoms with Gasteiger partial charge < -0.3 is 20.1 Å². The Morgan fingerprint density at radius 1 is 1.07 bits per heavy atom. The molecule has 28 heavy (non-hydrogen) atoms. The van der Waals surface area contributed by atoms with Gasteiger partial charge in [-0.2, -0.15) is 0 Å². The van der Waals surface area contributed by atoms with E-state index in [4.69, 9.17) is 9.47 Å². The molecular weight excluding hydrogens is 376 g/mol. The molecule has 2 aromatic rings. The fourth-order valence-electron chi connectivity index (χ4n) is 2.44. The second-order valence-electron chi connectivity index (χ2n) is 6.19. The van der Waals surface area contributed by atoms with Gasteiger partial charge in [-0.1, -0.05) is 19.1 Å². The Bertz CT molecular complexity index is 826. The van der Waals surface area contributed by atoms with Gasteiger partial charge >= 0.3 is 0 Å². The summed E-state index contributed by atoms with van der Waals surface area (Å²) in [5.41, 5.74) is 1.19. The average Bonchev–Trinajstić information content (AvgIpc) is 2.72. The molecule has 150 valence electrons. The van der Waals surface area contributed by atoms with Crippen molar-refractivity contribution in [2.45, 2.75) is 31.2 Å². The third-order valence-corrected chi connectivity index (χ3v) is 5.22. The lowest BCUT2D eigenvalue weighted by Crippen LogP contribution is -2.32. The van der Waals surface area contributed by atoms with Gasteiger partial charge in [0.15, 0.2) is 11.5 Å². The van der Waals surface area contributed by atoms with Crippen LogP contribution in [0.15, 0.2) is 47.4 Å². The molecule has 0 aliphatic heterocycles. The minimum absolute atomic E-state index is 0.0962. The minimum Gasteiger partial charge on any atom is -0.493 e. The normalized spacial score (nSPS) is 11.4. The molecule has 0 heterocycles. The fourth-order valence-corrected chi connectivity index (χ4v) is 3.29. The number of nitrogens with one attached hydrogen (secondary N) is 2. The highest BCUT2D eigenvalue weighted by atomic mass is 32.2. The summed E-state index contributed by atoms with van der Waals surface area (Å²) in [5, 5.41) is 5.79. The number of amides is 2. The molecule has 0 spiro atoms. The van der Waals surface area contributed by atoms with E-state index in [9.17, 15) is 9.59 Å². The van der Waals surface area contributed by atoms with Crippen molar-refractivity contribution in [3.05, 3.63) is 48.0 Å². The zero-order valence-corrected chi connectivity index (χ0v) is 17.4. The number of carbonyl (C=O) groups excluding carboxylic acids is 2. The van der Waals surface area contributed by atoms with Crippen LogP contribution in [0.3, 0.4) is 0 Å². The lowest BCUT2D eigenvalue weighted by Gasteiger charge is -2.14. The monoisotopic (exact) mass is 402 g/mol. The summed E-state index contributed by atoms with van der Waals surface area (Å²) in [4.78, 5) is 25.6. The number of hydrogen-bond donors (Lipinski definition) is 2. The average molecular weight is 403 g/mol. The summed E-state index contributed by atoms with van der Waals surface area (Å²) >= 11 is 1.33. The molecule has 0 fully saturated rings. The molecule has 0 aliphatic carbocycles. The van der Waals surface area contributed by atoms with Gasteiger partial charge in [0.05, 0.1) is 25.5 Å². The molecule has 2 amide bonds. The van der Waals surface area contributed by atoms with E-state index < -0.39 is 0 Å². The zero-order chi connectivity index (χ0) is 20.5. The Kier molecular flexibility index (Phi) is 8.19. The molecule has 7 heteroatoms. The maximum absolute atomic E-state index is 12.5. The molecule has 6 nitrogen and oxygen atoms in total. The van der Waals surface area contributed by atoms with Crippen LogP contribution in [0.1, 0.15) is 30.6 Å². The molecule has 2 aromatic carbocycles. The summed E-state index contributed by atoms with van der Waals surface area (Å²) in [6.07, 6.45) is 0.856. The molecule has 1 atom stereocenters. The van der Waals surface area contributed by atoms with Gasteiger partial charge in [0.25, 0.3) is 5.91 Å². The fraction of sp³-hybridized carbons (Fsp3) is 0.333. The molecular formula is C21H26N2O4S. The van der Waals surface area contributed by atoms with Crippen LogP contribution in [0.25, 0.3) is 0 Å². The number of hydrogen-bond acceptors (Lipinski definition) is 5. The number of carbonyl (C=O) groups is 2. The van der Waals surface area contributed by atoms with Crippen molar-refractivity contribution in [2.24, 2.45) is 0 Å². The molecule has 2 N–H and O–H groups in total. The maximum atomic E-state index is 12.5. The molecule has 0 aliphatic rings. The quantitative estimate of drug-likeness (QED) is 0.621. The Morgan fingerprint density at radius 3 is 2.46 bits per heavy atom. The molecule has 0 radical (unpaired) electrons. The van der Waals surface area contributed by atoms with Crippen molar-refractivity contribution in [1.82, 2.24) is 5.32 Å². The number of anilines is 1. The summed E-state index contributed by atoms with van der Waals surface area (Å²) < 4.78 is 10.4. The van der Waals surface area contributed by atoms with E-state index >= 15 is 0 Å². The molecule has 0 bridgehead atoms. The van der Waals surface area contributed by atoms with Crippen molar-refractivity contribution < 1.29 is 19.1 Å². The van der Waals surface area contributed by atoms with Gasteiger partial charge in [-0.25, -0.2) is 0 Å². The van der Waals surface area contributed by atoms with E-state index in [1.807, 2.05) is 32.0 Å². The van der Waals surface area contributed by atoms with E-state index in [0.29, 0.717) is 22.7 Å². The molecule has 0 saturated heterocycles. The van der Waals surface area contributed by atoms with Gasteiger partial charge in [-0.05, 0) is 37.6 Å². The predicted molar refractivity (Wildman–Crippen MR) is 113 cm³/mol. The van der Waals surface area contributed by atoms with Gasteiger partial charge in [0.2, 0.25) is 5.91 Å². The van der Waals surface area contributed by atoms with Crippen molar-refractivity contribution in [3.63, 3.8) is 0 Å². The van der Waals surface area contributed by atoms with Gasteiger partial charge in [0, 0.05) is 22.7 Å². The topological polar surface area (TPSA) is 76.7 Å². The molecule has 0 aromatic heterocycles. The first kappa shape index (κ1) is 21.6. The molecule has 2 rings (SSSR count). The first-order valence-electron chi connectivity index (χ1n) is 9.03. The Hall–Kier alpha value is -2.67. The van der Waals surface area contributed by atoms with Crippen LogP contribution in [0.5, 0.6) is 11.5 Å². The highest BCUT2D eigenvalue weighted by molar-refractivity contribution is 8.00. The molecule has 1 unspecified atom stereocenters. The lowest BCUT2D eigenvalue weighted by molar-refractivity contribution is -0.113. The summed E-state index contributed by atoms with van der Waals surface area (Å²) in [7, 11) is 3.10. The number of benzene rings is 2. The van der Waals surface area contributed by atoms with Crippen molar-refractivity contribution >= 4 is 29.3 Å². The highest BCUT2D eigenvalue weighted by Gasteiger charge is 2.14. The minimum atomic E-state index is -0.172. The van der Waals surface area contributed by atoms with E-state index in [1.54, 1.807) is 38.5 Å². The smallest absolute Gasteiger partial charge is 0.252 e. The second kappa shape index (κ2) is 10.6. The van der Waals surface area contributed by atoms with Crippen LogP contribution in [-0.4, -0.2) is 37.8 Å². The number of ether oxygens (including phenoxy) is 2. The first-order valence-corrected chi connectivity index (χ1v) is 10.0. The van der Waals surface area contributed by atoms with Crippen LogP contribution in [0.4, 0.5) is 5.69 Å². The van der Waals surface area contributed by atoms with Crippen molar-refractivity contribution in [3.8, 4) is 11.5 Å². The number of methoxy groups -OCH3 is 2. The van der Waals surface area contributed by atoms with E-state index in [-0.39, 0.29) is 23.6 Å². The highest BCUT2D eigenvalue weighted by Crippen LogP contribution is 2.30. The number of thioether (sulfide) groups is 1. The maximum Gasteiger partial charge on any atom is 0.252 e. The first-order chi connectivity index (χ1) is 13.5. The predicted octanol–water partition coefficient (Wildman–Crippen LogP) is 3.96. The van der Waals surface area contributed by atoms with Crippen LogP contribution < -0.4 is 20.1 Å². The lowest BCUT2D eigenvalue weighted by atomic mass is 10.2. The van der Waals surface area contributed by atoms with Crippen LogP contribution in [0.2, 0.25) is 0 Å². The standard InChI is InChI=1S/C21H26N2O4S/c1-5-14(2)22-21(25)16-8-6-7-9-19(16)28-13-20(24)23-15-10-11-17(26-3)18(12-15)27-4/h6-12,14H,5,13H2,1-4H3,(H,22,25)(H,23,24). The third-order valence-electron chi connectivity index (χ3n) is 4.15. The van der Waals surface area contributed by atoms with E-state index in [2.05, 4.69) is 10.6 Å². The Morgan fingerprint density at radius 2 is 1.79 bits per heavy atom. The second-order valence-corrected chi connectivity index (χ2v) is 7.20. The SMILES string of the molecule is CCC(C)NC(=O)c1ccccc1SCC(=O)Nc1ccc(OC)c(OC)c1. The van der Waals surface area contributed by atoms with Crippen LogP contribution in [-0.2, 0) is 4.79 Å². The Labute approximate surface area is 170 Å². The Balaban J connectivity index is 2.01.